The number of carbonyl (C=O) groups is 1. The molecule has 3 rings (SSSR count). The summed E-state index contributed by atoms with van der Waals surface area (Å²) in [5.74, 6) is -0.0433. The lowest BCUT2D eigenvalue weighted by molar-refractivity contribution is 0.0955. The fourth-order valence-corrected chi connectivity index (χ4v) is 3.36. The number of imidazole rings is 1. The van der Waals surface area contributed by atoms with Crippen LogP contribution in [0.1, 0.15) is 20.8 Å². The van der Waals surface area contributed by atoms with E-state index in [0.29, 0.717) is 11.4 Å². The molecule has 3 aromatic rings. The zero-order chi connectivity index (χ0) is 15.4. The van der Waals surface area contributed by atoms with Gasteiger partial charge in [0.2, 0.25) is 0 Å². The number of rotatable bonds is 5. The Morgan fingerprint density at radius 1 is 1.18 bits per heavy atom. The predicted molar refractivity (Wildman–Crippen MR) is 91.0 cm³/mol. The van der Waals surface area contributed by atoms with Crippen LogP contribution in [-0.4, -0.2) is 15.5 Å². The third-order valence-electron chi connectivity index (χ3n) is 3.20. The highest BCUT2D eigenvalue weighted by atomic mass is 79.9. The summed E-state index contributed by atoms with van der Waals surface area (Å²) in [5, 5.41) is 2.93. The molecule has 0 saturated carbocycles. The Morgan fingerprint density at radius 2 is 1.95 bits per heavy atom. The third kappa shape index (κ3) is 3.84. The Morgan fingerprint density at radius 3 is 2.59 bits per heavy atom. The first-order valence-electron chi connectivity index (χ1n) is 6.78. The first kappa shape index (κ1) is 15.0. The molecule has 112 valence electrons. The van der Waals surface area contributed by atoms with Crippen LogP contribution in [0, 0.1) is 0 Å². The number of aromatic nitrogens is 2. The molecule has 2 aromatic heterocycles. The van der Waals surface area contributed by atoms with E-state index >= 15 is 0 Å². The van der Waals surface area contributed by atoms with Crippen LogP contribution < -0.4 is 5.32 Å². The third-order valence-corrected chi connectivity index (χ3v) is 4.82. The van der Waals surface area contributed by atoms with Gasteiger partial charge in [-0.15, -0.1) is 11.3 Å². The molecule has 0 atom stereocenters. The van der Waals surface area contributed by atoms with Crippen LogP contribution in [0.3, 0.4) is 0 Å². The van der Waals surface area contributed by atoms with Gasteiger partial charge in [-0.3, -0.25) is 4.79 Å². The number of hydrogen-bond donors (Lipinski definition) is 1. The number of hydrogen-bond acceptors (Lipinski definition) is 3. The normalized spacial score (nSPS) is 10.6. The molecule has 6 heteroatoms. The average Bonchev–Trinajstić information content (AvgIpc) is 3.18. The molecule has 0 aliphatic carbocycles. The summed E-state index contributed by atoms with van der Waals surface area (Å²) in [5.41, 5.74) is 2.29. The van der Waals surface area contributed by atoms with E-state index in [1.807, 2.05) is 35.0 Å². The molecule has 22 heavy (non-hydrogen) atoms. The molecule has 0 aliphatic heterocycles. The summed E-state index contributed by atoms with van der Waals surface area (Å²) >= 11 is 4.79. The Balaban J connectivity index is 1.56. The highest BCUT2D eigenvalue weighted by Gasteiger charge is 2.07. The summed E-state index contributed by atoms with van der Waals surface area (Å²) in [6, 6.07) is 11.9. The monoisotopic (exact) mass is 375 g/mol. The van der Waals surface area contributed by atoms with Crippen molar-refractivity contribution in [1.82, 2.24) is 14.9 Å². The van der Waals surface area contributed by atoms with Crippen LogP contribution in [0.15, 0.2) is 58.9 Å². The molecule has 0 spiro atoms. The molecule has 0 aliphatic rings. The maximum atomic E-state index is 12.0. The summed E-state index contributed by atoms with van der Waals surface area (Å²) in [6.07, 6.45) is 5.51. The molecule has 0 fully saturated rings. The van der Waals surface area contributed by atoms with Gasteiger partial charge in [0.25, 0.3) is 5.91 Å². The minimum Gasteiger partial charge on any atom is -0.347 e. The standard InChI is InChI=1S/C16H14BrN3OS/c17-15-6-5-14(22-15)16(21)19-9-12-1-3-13(4-2-12)10-20-8-7-18-11-20/h1-8,11H,9-10H2,(H,19,21). The lowest BCUT2D eigenvalue weighted by Gasteiger charge is -2.06. The maximum absolute atomic E-state index is 12.0. The molecule has 0 unspecified atom stereocenters. The second-order valence-electron chi connectivity index (χ2n) is 4.84. The van der Waals surface area contributed by atoms with Crippen molar-refractivity contribution in [2.45, 2.75) is 13.1 Å². The van der Waals surface area contributed by atoms with Crippen molar-refractivity contribution >= 4 is 33.2 Å². The fourth-order valence-electron chi connectivity index (χ4n) is 2.06. The molecule has 1 aromatic carbocycles. The average molecular weight is 376 g/mol. The first-order valence-corrected chi connectivity index (χ1v) is 8.39. The molecule has 0 saturated heterocycles. The zero-order valence-electron chi connectivity index (χ0n) is 11.7. The van der Waals surface area contributed by atoms with Gasteiger partial charge in [-0.1, -0.05) is 24.3 Å². The van der Waals surface area contributed by atoms with Gasteiger partial charge in [-0.2, -0.15) is 0 Å². The van der Waals surface area contributed by atoms with Crippen molar-refractivity contribution in [3.63, 3.8) is 0 Å². The molecule has 0 bridgehead atoms. The van der Waals surface area contributed by atoms with E-state index in [9.17, 15) is 4.79 Å². The SMILES string of the molecule is O=C(NCc1ccc(Cn2ccnc2)cc1)c1ccc(Br)s1. The summed E-state index contributed by atoms with van der Waals surface area (Å²) in [4.78, 5) is 16.7. The molecular formula is C16H14BrN3OS. The van der Waals surface area contributed by atoms with Crippen LogP contribution in [0.4, 0.5) is 0 Å². The lowest BCUT2D eigenvalue weighted by atomic mass is 10.1. The van der Waals surface area contributed by atoms with E-state index in [0.717, 1.165) is 15.9 Å². The van der Waals surface area contributed by atoms with Gasteiger partial charge in [0, 0.05) is 25.5 Å². The molecule has 0 radical (unpaired) electrons. The minimum atomic E-state index is -0.0433. The van der Waals surface area contributed by atoms with Crippen molar-refractivity contribution in [2.24, 2.45) is 0 Å². The predicted octanol–water partition coefficient (Wildman–Crippen LogP) is 3.69. The first-order chi connectivity index (χ1) is 10.7. The van der Waals surface area contributed by atoms with Gasteiger partial charge >= 0.3 is 0 Å². The van der Waals surface area contributed by atoms with Gasteiger partial charge < -0.3 is 9.88 Å². The van der Waals surface area contributed by atoms with E-state index in [4.69, 9.17) is 0 Å². The number of thiophene rings is 1. The van der Waals surface area contributed by atoms with Gasteiger partial charge in [0.15, 0.2) is 0 Å². The second-order valence-corrected chi connectivity index (χ2v) is 7.30. The zero-order valence-corrected chi connectivity index (χ0v) is 14.1. The summed E-state index contributed by atoms with van der Waals surface area (Å²) in [6.45, 7) is 1.33. The highest BCUT2D eigenvalue weighted by Crippen LogP contribution is 2.21. The van der Waals surface area contributed by atoms with Crippen LogP contribution in [0.25, 0.3) is 0 Å². The summed E-state index contributed by atoms with van der Waals surface area (Å²) < 4.78 is 2.98. The largest absolute Gasteiger partial charge is 0.347 e. The van der Waals surface area contributed by atoms with Gasteiger partial charge in [0.1, 0.15) is 0 Å². The van der Waals surface area contributed by atoms with Gasteiger partial charge in [0.05, 0.1) is 15.0 Å². The molecule has 1 N–H and O–H groups in total. The van der Waals surface area contributed by atoms with E-state index < -0.39 is 0 Å². The van der Waals surface area contributed by atoms with Crippen molar-refractivity contribution in [3.8, 4) is 0 Å². The van der Waals surface area contributed by atoms with E-state index in [1.165, 1.54) is 16.9 Å². The van der Waals surface area contributed by atoms with Crippen LogP contribution >= 0.6 is 27.3 Å². The number of carbonyl (C=O) groups excluding carboxylic acids is 1. The molecule has 4 nitrogen and oxygen atoms in total. The summed E-state index contributed by atoms with van der Waals surface area (Å²) in [7, 11) is 0. The molecule has 1 amide bonds. The number of benzene rings is 1. The fraction of sp³-hybridized carbons (Fsp3) is 0.125. The second kappa shape index (κ2) is 6.89. The molecule has 2 heterocycles. The Labute approximate surface area is 140 Å². The van der Waals surface area contributed by atoms with E-state index in [-0.39, 0.29) is 5.91 Å². The minimum absolute atomic E-state index is 0.0433. The van der Waals surface area contributed by atoms with Gasteiger partial charge in [-0.05, 0) is 39.2 Å². The van der Waals surface area contributed by atoms with Crippen LogP contribution in [-0.2, 0) is 13.1 Å². The molecular weight excluding hydrogens is 362 g/mol. The number of nitrogens with zero attached hydrogens (tertiary/aromatic N) is 2. The van der Waals surface area contributed by atoms with E-state index in [2.05, 4.69) is 38.4 Å². The van der Waals surface area contributed by atoms with Crippen molar-refractivity contribution in [3.05, 3.63) is 74.9 Å². The topological polar surface area (TPSA) is 46.9 Å². The van der Waals surface area contributed by atoms with Crippen LogP contribution in [0.5, 0.6) is 0 Å². The van der Waals surface area contributed by atoms with Crippen molar-refractivity contribution < 1.29 is 4.79 Å². The lowest BCUT2D eigenvalue weighted by Crippen LogP contribution is -2.21. The van der Waals surface area contributed by atoms with Gasteiger partial charge in [-0.25, -0.2) is 4.98 Å². The van der Waals surface area contributed by atoms with Crippen molar-refractivity contribution in [2.75, 3.05) is 0 Å². The smallest absolute Gasteiger partial charge is 0.261 e. The van der Waals surface area contributed by atoms with E-state index in [1.54, 1.807) is 12.5 Å². The Kier molecular flexibility index (Phi) is 4.70. The Hall–Kier alpha value is -1.92. The van der Waals surface area contributed by atoms with Crippen molar-refractivity contribution in [1.29, 1.82) is 0 Å². The highest BCUT2D eigenvalue weighted by molar-refractivity contribution is 9.11. The Bertz CT molecular complexity index is 750. The van der Waals surface area contributed by atoms with Crippen LogP contribution in [0.2, 0.25) is 0 Å². The number of nitrogens with one attached hydrogen (secondary N) is 1. The quantitative estimate of drug-likeness (QED) is 0.739. The number of halogens is 1. The maximum Gasteiger partial charge on any atom is 0.261 e. The number of amides is 1.